The molecule has 0 saturated carbocycles. The smallest absolute Gasteiger partial charge is 0.261 e. The predicted molar refractivity (Wildman–Crippen MR) is 96.6 cm³/mol. The molecule has 2 heterocycles. The van der Waals surface area contributed by atoms with E-state index in [1.807, 2.05) is 24.3 Å². The van der Waals surface area contributed by atoms with Crippen LogP contribution in [0.4, 0.5) is 0 Å². The highest BCUT2D eigenvalue weighted by molar-refractivity contribution is 7.89. The van der Waals surface area contributed by atoms with Crippen molar-refractivity contribution < 1.29 is 17.9 Å². The second kappa shape index (κ2) is 7.55. The zero-order chi connectivity index (χ0) is 17.9. The van der Waals surface area contributed by atoms with Gasteiger partial charge in [-0.05, 0) is 36.5 Å². The maximum Gasteiger partial charge on any atom is 0.261 e. The van der Waals surface area contributed by atoms with Gasteiger partial charge in [-0.15, -0.1) is 11.3 Å². The molecule has 0 saturated heterocycles. The Hall–Kier alpha value is -1.90. The first-order valence-electron chi connectivity index (χ1n) is 8.00. The number of hydrogen-bond acceptors (Lipinski definition) is 5. The van der Waals surface area contributed by atoms with Crippen LogP contribution in [0.2, 0.25) is 0 Å². The second-order valence-electron chi connectivity index (χ2n) is 5.89. The van der Waals surface area contributed by atoms with Gasteiger partial charge in [0.1, 0.15) is 5.75 Å². The molecule has 25 heavy (non-hydrogen) atoms. The van der Waals surface area contributed by atoms with Crippen molar-refractivity contribution in [2.75, 3.05) is 20.2 Å². The summed E-state index contributed by atoms with van der Waals surface area (Å²) in [6.45, 7) is 0.911. The average Bonchev–Trinajstić information content (AvgIpc) is 3.02. The lowest BCUT2D eigenvalue weighted by molar-refractivity contribution is 0.0967. The van der Waals surface area contributed by atoms with Gasteiger partial charge in [0.05, 0.1) is 16.4 Å². The Morgan fingerprint density at radius 3 is 2.96 bits per heavy atom. The molecule has 2 N–H and O–H groups in total. The predicted octanol–water partition coefficient (Wildman–Crippen LogP) is 2.03. The minimum atomic E-state index is -3.63. The number of nitrogens with one attached hydrogen (secondary N) is 2. The lowest BCUT2D eigenvalue weighted by Crippen LogP contribution is -2.30. The Kier molecular flexibility index (Phi) is 5.41. The molecular weight excluding hydrogens is 360 g/mol. The number of carbonyl (C=O) groups is 1. The van der Waals surface area contributed by atoms with Crippen LogP contribution in [0.1, 0.15) is 21.7 Å². The number of fused-ring (bicyclic) bond motifs is 1. The summed E-state index contributed by atoms with van der Waals surface area (Å²) in [5, 5.41) is 3.97. The molecule has 134 valence electrons. The molecule has 0 fully saturated rings. The third-order valence-corrected chi connectivity index (χ3v) is 6.64. The van der Waals surface area contributed by atoms with Gasteiger partial charge in [0.25, 0.3) is 5.91 Å². The maximum absolute atomic E-state index is 12.5. The molecule has 1 aromatic heterocycles. The summed E-state index contributed by atoms with van der Waals surface area (Å²) in [5.41, 5.74) is 1.10. The molecule has 1 aliphatic heterocycles. The molecule has 0 spiro atoms. The molecular formula is C17H20N2O4S2. The fourth-order valence-electron chi connectivity index (χ4n) is 2.75. The minimum absolute atomic E-state index is 0.126. The molecule has 1 aromatic carbocycles. The van der Waals surface area contributed by atoms with Crippen molar-refractivity contribution in [3.8, 4) is 5.75 Å². The highest BCUT2D eigenvalue weighted by Gasteiger charge is 2.22. The SMILES string of the molecule is CNC(=O)c1cc(S(=O)(=O)NC[C@@H]2CCOc3ccccc3C2)cs1. The zero-order valence-corrected chi connectivity index (χ0v) is 15.5. The van der Waals surface area contributed by atoms with Gasteiger partial charge in [0.2, 0.25) is 10.0 Å². The monoisotopic (exact) mass is 380 g/mol. The number of sulfonamides is 1. The van der Waals surface area contributed by atoms with E-state index in [1.54, 1.807) is 0 Å². The molecule has 1 amide bonds. The zero-order valence-electron chi connectivity index (χ0n) is 13.8. The minimum Gasteiger partial charge on any atom is -0.493 e. The first-order valence-corrected chi connectivity index (χ1v) is 10.4. The van der Waals surface area contributed by atoms with Crippen LogP contribution >= 0.6 is 11.3 Å². The topological polar surface area (TPSA) is 84.5 Å². The lowest BCUT2D eigenvalue weighted by atomic mass is 9.97. The van der Waals surface area contributed by atoms with Crippen LogP contribution in [-0.4, -0.2) is 34.5 Å². The molecule has 2 aromatic rings. The van der Waals surface area contributed by atoms with Gasteiger partial charge in [0.15, 0.2) is 0 Å². The van der Waals surface area contributed by atoms with Crippen molar-refractivity contribution in [2.45, 2.75) is 17.7 Å². The molecule has 0 unspecified atom stereocenters. The number of benzene rings is 1. The Bertz CT molecular complexity index is 861. The van der Waals surface area contributed by atoms with Crippen LogP contribution in [0, 0.1) is 5.92 Å². The average molecular weight is 380 g/mol. The standard InChI is InChI=1S/C17H20N2O4S2/c1-18-17(20)16-9-14(11-24-16)25(21,22)19-10-12-6-7-23-15-5-3-2-4-13(15)8-12/h2-5,9,11-12,19H,6-8,10H2,1H3,(H,18,20)/t12-/m1/s1. The fourth-order valence-corrected chi connectivity index (χ4v) is 5.08. The lowest BCUT2D eigenvalue weighted by Gasteiger charge is -2.14. The Labute approximate surface area is 151 Å². The number of para-hydroxylation sites is 1. The maximum atomic E-state index is 12.5. The van der Waals surface area contributed by atoms with E-state index in [9.17, 15) is 13.2 Å². The van der Waals surface area contributed by atoms with E-state index in [0.29, 0.717) is 18.0 Å². The van der Waals surface area contributed by atoms with E-state index in [-0.39, 0.29) is 16.7 Å². The van der Waals surface area contributed by atoms with Gasteiger partial charge in [0, 0.05) is 19.0 Å². The molecule has 6 nitrogen and oxygen atoms in total. The van der Waals surface area contributed by atoms with E-state index in [2.05, 4.69) is 10.0 Å². The van der Waals surface area contributed by atoms with Gasteiger partial charge in [-0.25, -0.2) is 13.1 Å². The van der Waals surface area contributed by atoms with Crippen molar-refractivity contribution in [3.05, 3.63) is 46.2 Å². The summed E-state index contributed by atoms with van der Waals surface area (Å²) in [6, 6.07) is 9.24. The molecule has 1 atom stereocenters. The summed E-state index contributed by atoms with van der Waals surface area (Å²) in [4.78, 5) is 12.1. The number of hydrogen-bond donors (Lipinski definition) is 2. The van der Waals surface area contributed by atoms with Gasteiger partial charge in [-0.2, -0.15) is 0 Å². The van der Waals surface area contributed by atoms with Gasteiger partial charge in [-0.1, -0.05) is 18.2 Å². The first kappa shape index (κ1) is 17.9. The summed E-state index contributed by atoms with van der Waals surface area (Å²) in [5.74, 6) is 0.750. The molecule has 8 heteroatoms. The third kappa shape index (κ3) is 4.20. The molecule has 0 aliphatic carbocycles. The summed E-state index contributed by atoms with van der Waals surface area (Å²) in [7, 11) is -2.12. The first-order chi connectivity index (χ1) is 12.0. The molecule has 3 rings (SSSR count). The Balaban J connectivity index is 1.66. The Morgan fingerprint density at radius 2 is 2.16 bits per heavy atom. The van der Waals surface area contributed by atoms with Crippen LogP contribution in [0.5, 0.6) is 5.75 Å². The van der Waals surface area contributed by atoms with Crippen LogP contribution in [0.25, 0.3) is 0 Å². The van der Waals surface area contributed by atoms with Crippen molar-refractivity contribution in [2.24, 2.45) is 5.92 Å². The van der Waals surface area contributed by atoms with Crippen molar-refractivity contribution in [1.29, 1.82) is 0 Å². The van der Waals surface area contributed by atoms with Crippen molar-refractivity contribution in [3.63, 3.8) is 0 Å². The van der Waals surface area contributed by atoms with Crippen LogP contribution in [-0.2, 0) is 16.4 Å². The molecule has 0 radical (unpaired) electrons. The van der Waals surface area contributed by atoms with Crippen LogP contribution in [0.3, 0.4) is 0 Å². The number of rotatable bonds is 5. The quantitative estimate of drug-likeness (QED) is 0.831. The fraction of sp³-hybridized carbons (Fsp3) is 0.353. The van der Waals surface area contributed by atoms with E-state index in [4.69, 9.17) is 4.74 Å². The van der Waals surface area contributed by atoms with Crippen molar-refractivity contribution in [1.82, 2.24) is 10.0 Å². The largest absolute Gasteiger partial charge is 0.493 e. The second-order valence-corrected chi connectivity index (χ2v) is 8.57. The van der Waals surface area contributed by atoms with Crippen molar-refractivity contribution >= 4 is 27.3 Å². The van der Waals surface area contributed by atoms with E-state index < -0.39 is 10.0 Å². The normalized spacial score (nSPS) is 17.2. The summed E-state index contributed by atoms with van der Waals surface area (Å²) in [6.07, 6.45) is 1.55. The van der Waals surface area contributed by atoms with E-state index >= 15 is 0 Å². The molecule has 1 aliphatic rings. The van der Waals surface area contributed by atoms with Crippen LogP contribution in [0.15, 0.2) is 40.6 Å². The van der Waals surface area contributed by atoms with E-state index in [1.165, 1.54) is 18.5 Å². The number of ether oxygens (including phenoxy) is 1. The van der Waals surface area contributed by atoms with Gasteiger partial charge < -0.3 is 10.1 Å². The van der Waals surface area contributed by atoms with E-state index in [0.717, 1.165) is 35.5 Å². The molecule has 0 bridgehead atoms. The highest BCUT2D eigenvalue weighted by atomic mass is 32.2. The summed E-state index contributed by atoms with van der Waals surface area (Å²) < 4.78 is 33.3. The third-order valence-electron chi connectivity index (χ3n) is 4.16. The number of amides is 1. The van der Waals surface area contributed by atoms with Gasteiger partial charge >= 0.3 is 0 Å². The summed E-state index contributed by atoms with van der Waals surface area (Å²) >= 11 is 1.11. The highest BCUT2D eigenvalue weighted by Crippen LogP contribution is 2.26. The van der Waals surface area contributed by atoms with Crippen LogP contribution < -0.4 is 14.8 Å². The number of carbonyl (C=O) groups excluding carboxylic acids is 1. The van der Waals surface area contributed by atoms with Gasteiger partial charge in [-0.3, -0.25) is 4.79 Å². The Morgan fingerprint density at radius 1 is 1.36 bits per heavy atom. The number of thiophene rings is 1.